The summed E-state index contributed by atoms with van der Waals surface area (Å²) in [6.45, 7) is 4.51. The predicted octanol–water partition coefficient (Wildman–Crippen LogP) is 5.54. The van der Waals surface area contributed by atoms with Gasteiger partial charge < -0.3 is 10.2 Å². The number of aryl methyl sites for hydroxylation is 2. The molecule has 1 aliphatic carbocycles. The summed E-state index contributed by atoms with van der Waals surface area (Å²) < 4.78 is 0. The van der Waals surface area contributed by atoms with Crippen molar-refractivity contribution in [3.8, 4) is 0 Å². The van der Waals surface area contributed by atoms with E-state index in [1.54, 1.807) is 4.90 Å². The Morgan fingerprint density at radius 3 is 2.00 bits per heavy atom. The Balaban J connectivity index is 1.65. The molecule has 1 N–H and O–H groups in total. The van der Waals surface area contributed by atoms with Crippen molar-refractivity contribution in [2.75, 3.05) is 0 Å². The van der Waals surface area contributed by atoms with Gasteiger partial charge in [0.05, 0.1) is 6.42 Å². The number of nitrogens with one attached hydrogen (secondary N) is 1. The highest BCUT2D eigenvalue weighted by Gasteiger charge is 2.32. The van der Waals surface area contributed by atoms with Crippen LogP contribution in [0.15, 0.2) is 78.9 Å². The molecule has 0 aromatic heterocycles. The highest BCUT2D eigenvalue weighted by molar-refractivity contribution is 5.89. The second kappa shape index (κ2) is 11.8. The van der Waals surface area contributed by atoms with Crippen molar-refractivity contribution >= 4 is 11.8 Å². The molecule has 0 radical (unpaired) electrons. The summed E-state index contributed by atoms with van der Waals surface area (Å²) in [6.07, 6.45) is 5.08. The molecule has 0 saturated heterocycles. The lowest BCUT2D eigenvalue weighted by Crippen LogP contribution is -2.52. The number of amides is 2. The van der Waals surface area contributed by atoms with Crippen LogP contribution in [-0.4, -0.2) is 28.8 Å². The highest BCUT2D eigenvalue weighted by Crippen LogP contribution is 2.21. The Labute approximate surface area is 209 Å². The van der Waals surface area contributed by atoms with E-state index in [1.807, 2.05) is 60.7 Å². The lowest BCUT2D eigenvalue weighted by Gasteiger charge is -2.32. The number of carbonyl (C=O) groups excluding carboxylic acids is 2. The van der Waals surface area contributed by atoms with E-state index in [2.05, 4.69) is 37.4 Å². The molecule has 0 heterocycles. The normalized spacial score (nSPS) is 14.5. The molecule has 0 bridgehead atoms. The Hall–Kier alpha value is -3.40. The molecule has 0 unspecified atom stereocenters. The van der Waals surface area contributed by atoms with E-state index < -0.39 is 6.04 Å². The SMILES string of the molecule is Cc1cc(C)cc(CC(=O)N(Cc2ccccc2)[C@@H](Cc2ccccc2)C(=O)NC2CCCC2)c1. The van der Waals surface area contributed by atoms with E-state index in [-0.39, 0.29) is 24.3 Å². The van der Waals surface area contributed by atoms with Crippen LogP contribution in [0.3, 0.4) is 0 Å². The molecule has 182 valence electrons. The zero-order valence-corrected chi connectivity index (χ0v) is 20.9. The van der Waals surface area contributed by atoms with Crippen molar-refractivity contribution in [2.45, 2.75) is 71.0 Å². The largest absolute Gasteiger partial charge is 0.352 e. The van der Waals surface area contributed by atoms with Gasteiger partial charge in [0.1, 0.15) is 6.04 Å². The summed E-state index contributed by atoms with van der Waals surface area (Å²) in [5.41, 5.74) is 5.34. The second-order valence-electron chi connectivity index (χ2n) is 9.88. The third kappa shape index (κ3) is 7.05. The van der Waals surface area contributed by atoms with Crippen LogP contribution < -0.4 is 5.32 Å². The molecule has 4 nitrogen and oxygen atoms in total. The van der Waals surface area contributed by atoms with Gasteiger partial charge in [-0.3, -0.25) is 9.59 Å². The molecule has 0 aliphatic heterocycles. The summed E-state index contributed by atoms with van der Waals surface area (Å²) in [5.74, 6) is -0.0770. The van der Waals surface area contributed by atoms with Gasteiger partial charge in [-0.25, -0.2) is 0 Å². The van der Waals surface area contributed by atoms with Gasteiger partial charge in [-0.15, -0.1) is 0 Å². The molecule has 1 saturated carbocycles. The van der Waals surface area contributed by atoms with Crippen molar-refractivity contribution in [1.29, 1.82) is 0 Å². The van der Waals surface area contributed by atoms with E-state index in [1.165, 1.54) is 0 Å². The maximum Gasteiger partial charge on any atom is 0.243 e. The molecular formula is C31H36N2O2. The van der Waals surface area contributed by atoms with Gasteiger partial charge in [0, 0.05) is 19.0 Å². The maximum absolute atomic E-state index is 13.9. The van der Waals surface area contributed by atoms with Gasteiger partial charge in [0.25, 0.3) is 0 Å². The fourth-order valence-electron chi connectivity index (χ4n) is 5.15. The fourth-order valence-corrected chi connectivity index (χ4v) is 5.15. The van der Waals surface area contributed by atoms with Crippen LogP contribution in [0.2, 0.25) is 0 Å². The first-order chi connectivity index (χ1) is 17.0. The van der Waals surface area contributed by atoms with Gasteiger partial charge in [-0.2, -0.15) is 0 Å². The third-order valence-electron chi connectivity index (χ3n) is 6.81. The summed E-state index contributed by atoms with van der Waals surface area (Å²) in [7, 11) is 0. The first-order valence-electron chi connectivity index (χ1n) is 12.7. The molecule has 0 spiro atoms. The van der Waals surface area contributed by atoms with Crippen LogP contribution in [0, 0.1) is 13.8 Å². The Bertz CT molecular complexity index is 1100. The molecule has 1 atom stereocenters. The van der Waals surface area contributed by atoms with E-state index in [0.29, 0.717) is 13.0 Å². The van der Waals surface area contributed by atoms with Crippen LogP contribution in [0.5, 0.6) is 0 Å². The van der Waals surface area contributed by atoms with Crippen molar-refractivity contribution in [3.05, 3.63) is 107 Å². The smallest absolute Gasteiger partial charge is 0.243 e. The average Bonchev–Trinajstić information content (AvgIpc) is 3.35. The molecular weight excluding hydrogens is 432 g/mol. The van der Waals surface area contributed by atoms with Crippen molar-refractivity contribution < 1.29 is 9.59 Å². The monoisotopic (exact) mass is 468 g/mol. The van der Waals surface area contributed by atoms with Crippen molar-refractivity contribution in [3.63, 3.8) is 0 Å². The van der Waals surface area contributed by atoms with E-state index in [0.717, 1.165) is 53.5 Å². The first kappa shape index (κ1) is 24.7. The van der Waals surface area contributed by atoms with Crippen LogP contribution in [0.1, 0.15) is 53.5 Å². The predicted molar refractivity (Wildman–Crippen MR) is 141 cm³/mol. The molecule has 4 rings (SSSR count). The van der Waals surface area contributed by atoms with Crippen LogP contribution in [0.4, 0.5) is 0 Å². The summed E-state index contributed by atoms with van der Waals surface area (Å²) in [5, 5.41) is 3.27. The summed E-state index contributed by atoms with van der Waals surface area (Å²) in [6, 6.07) is 25.9. The minimum atomic E-state index is -0.573. The molecule has 1 fully saturated rings. The zero-order chi connectivity index (χ0) is 24.6. The number of carbonyl (C=O) groups is 2. The van der Waals surface area contributed by atoms with E-state index in [4.69, 9.17) is 0 Å². The Morgan fingerprint density at radius 1 is 0.829 bits per heavy atom. The number of nitrogens with zero attached hydrogens (tertiary/aromatic N) is 1. The Morgan fingerprint density at radius 2 is 1.40 bits per heavy atom. The van der Waals surface area contributed by atoms with Gasteiger partial charge >= 0.3 is 0 Å². The lowest BCUT2D eigenvalue weighted by atomic mass is 10.00. The maximum atomic E-state index is 13.9. The molecule has 3 aromatic carbocycles. The number of benzene rings is 3. The minimum Gasteiger partial charge on any atom is -0.352 e. The Kier molecular flexibility index (Phi) is 8.36. The van der Waals surface area contributed by atoms with Crippen molar-refractivity contribution in [2.24, 2.45) is 0 Å². The van der Waals surface area contributed by atoms with Gasteiger partial charge in [-0.05, 0) is 43.4 Å². The van der Waals surface area contributed by atoms with Crippen molar-refractivity contribution in [1.82, 2.24) is 10.2 Å². The average molecular weight is 469 g/mol. The number of hydrogen-bond acceptors (Lipinski definition) is 2. The molecule has 4 heteroatoms. The number of hydrogen-bond donors (Lipinski definition) is 1. The van der Waals surface area contributed by atoms with Gasteiger partial charge in [-0.1, -0.05) is 103 Å². The summed E-state index contributed by atoms with van der Waals surface area (Å²) in [4.78, 5) is 29.4. The molecule has 35 heavy (non-hydrogen) atoms. The number of rotatable bonds is 9. The molecule has 3 aromatic rings. The summed E-state index contributed by atoms with van der Waals surface area (Å²) >= 11 is 0. The molecule has 1 aliphatic rings. The standard InChI is InChI=1S/C31H36N2O2/c1-23-17-24(2)19-27(18-23)21-30(34)33(22-26-13-7-4-8-14-26)29(20-25-11-5-3-6-12-25)31(35)32-28-15-9-10-16-28/h3-8,11-14,17-19,28-29H,9-10,15-16,20-22H2,1-2H3,(H,32,35)/t29-/m0/s1. The van der Waals surface area contributed by atoms with Gasteiger partial charge in [0.15, 0.2) is 0 Å². The quantitative estimate of drug-likeness (QED) is 0.448. The second-order valence-corrected chi connectivity index (χ2v) is 9.88. The topological polar surface area (TPSA) is 49.4 Å². The lowest BCUT2D eigenvalue weighted by molar-refractivity contribution is -0.141. The van der Waals surface area contributed by atoms with E-state index in [9.17, 15) is 9.59 Å². The third-order valence-corrected chi connectivity index (χ3v) is 6.81. The van der Waals surface area contributed by atoms with E-state index >= 15 is 0 Å². The fraction of sp³-hybridized carbons (Fsp3) is 0.355. The van der Waals surface area contributed by atoms with Gasteiger partial charge in [0.2, 0.25) is 11.8 Å². The zero-order valence-electron chi connectivity index (χ0n) is 20.9. The van der Waals surface area contributed by atoms with Crippen LogP contribution in [0.25, 0.3) is 0 Å². The minimum absolute atomic E-state index is 0.0265. The first-order valence-corrected chi connectivity index (χ1v) is 12.7. The highest BCUT2D eigenvalue weighted by atomic mass is 16.2. The van der Waals surface area contributed by atoms with Crippen LogP contribution in [-0.2, 0) is 29.0 Å². The molecule has 2 amide bonds. The van der Waals surface area contributed by atoms with Crippen LogP contribution >= 0.6 is 0 Å².